The fourth-order valence-electron chi connectivity index (χ4n) is 1.57. The predicted octanol–water partition coefficient (Wildman–Crippen LogP) is 4.20. The van der Waals surface area contributed by atoms with Crippen molar-refractivity contribution in [3.63, 3.8) is 0 Å². The van der Waals surface area contributed by atoms with Crippen molar-refractivity contribution in [3.8, 4) is 0 Å². The molecule has 0 fully saturated rings. The Morgan fingerprint density at radius 2 is 1.67 bits per heavy atom. The summed E-state index contributed by atoms with van der Waals surface area (Å²) in [5.41, 5.74) is 0.258. The van der Waals surface area contributed by atoms with Gasteiger partial charge in [0.2, 0.25) is 0 Å². The van der Waals surface area contributed by atoms with Crippen LogP contribution in [0.4, 0.5) is 13.2 Å². The summed E-state index contributed by atoms with van der Waals surface area (Å²) < 4.78 is 37.0. The third-order valence-electron chi connectivity index (χ3n) is 2.60. The zero-order valence-electron chi connectivity index (χ0n) is 10.1. The van der Waals surface area contributed by atoms with Crippen molar-refractivity contribution < 1.29 is 13.2 Å². The molecule has 0 aliphatic carbocycles. The molecule has 1 aromatic rings. The van der Waals surface area contributed by atoms with Gasteiger partial charge in [-0.3, -0.25) is 0 Å². The quantitative estimate of drug-likeness (QED) is 0.582. The second kappa shape index (κ2) is 7.64. The zero-order valence-corrected chi connectivity index (χ0v) is 10.8. The van der Waals surface area contributed by atoms with Gasteiger partial charge in [0.1, 0.15) is 0 Å². The second-order valence-corrected chi connectivity index (χ2v) is 4.50. The smallest absolute Gasteiger partial charge is 0.313 e. The summed E-state index contributed by atoms with van der Waals surface area (Å²) in [5, 5.41) is 3.19. The Labute approximate surface area is 110 Å². The van der Waals surface area contributed by atoms with Crippen LogP contribution in [0.3, 0.4) is 0 Å². The van der Waals surface area contributed by atoms with Crippen LogP contribution in [0, 0.1) is 0 Å². The fraction of sp³-hybridized carbons (Fsp3) is 0.538. The van der Waals surface area contributed by atoms with Gasteiger partial charge in [0.15, 0.2) is 0 Å². The molecule has 0 saturated heterocycles. The lowest BCUT2D eigenvalue weighted by Gasteiger charge is -2.08. The van der Waals surface area contributed by atoms with E-state index in [2.05, 4.69) is 5.32 Å². The first kappa shape index (κ1) is 15.3. The molecule has 1 aromatic carbocycles. The summed E-state index contributed by atoms with van der Waals surface area (Å²) in [6.07, 6.45) is -1.14. The summed E-state index contributed by atoms with van der Waals surface area (Å²) in [4.78, 5) is 0. The number of hydrogen-bond donors (Lipinski definition) is 1. The molecule has 0 unspecified atom stereocenters. The largest absolute Gasteiger partial charge is 0.416 e. The molecule has 0 spiro atoms. The maximum absolute atomic E-state index is 12.3. The number of hydrogen-bond acceptors (Lipinski definition) is 1. The highest BCUT2D eigenvalue weighted by molar-refractivity contribution is 6.17. The van der Waals surface area contributed by atoms with E-state index in [4.69, 9.17) is 11.6 Å². The van der Waals surface area contributed by atoms with E-state index in [0.717, 1.165) is 43.5 Å². The fourth-order valence-corrected chi connectivity index (χ4v) is 1.75. The van der Waals surface area contributed by atoms with Crippen LogP contribution in [-0.2, 0) is 12.7 Å². The molecular weight excluding hydrogens is 263 g/mol. The standard InChI is InChI=1S/C13H17ClF3N/c14-8-2-1-3-9-18-10-11-4-6-12(7-5-11)13(15,16)17/h4-7,18H,1-3,8-10H2. The molecule has 18 heavy (non-hydrogen) atoms. The van der Waals surface area contributed by atoms with Crippen LogP contribution >= 0.6 is 11.6 Å². The van der Waals surface area contributed by atoms with Crippen LogP contribution < -0.4 is 5.32 Å². The van der Waals surface area contributed by atoms with Gasteiger partial charge in [-0.05, 0) is 37.1 Å². The van der Waals surface area contributed by atoms with Crippen LogP contribution in [0.25, 0.3) is 0 Å². The Hall–Kier alpha value is -0.740. The Bertz CT molecular complexity index is 335. The van der Waals surface area contributed by atoms with Gasteiger partial charge in [-0.25, -0.2) is 0 Å². The summed E-state index contributed by atoms with van der Waals surface area (Å²) in [7, 11) is 0. The average molecular weight is 280 g/mol. The molecule has 0 amide bonds. The highest BCUT2D eigenvalue weighted by atomic mass is 35.5. The van der Waals surface area contributed by atoms with E-state index < -0.39 is 11.7 Å². The summed E-state index contributed by atoms with van der Waals surface area (Å²) >= 11 is 5.55. The van der Waals surface area contributed by atoms with Gasteiger partial charge in [-0.15, -0.1) is 11.6 Å². The van der Waals surface area contributed by atoms with E-state index in [1.165, 1.54) is 12.1 Å². The van der Waals surface area contributed by atoms with Crippen molar-refractivity contribution in [1.82, 2.24) is 5.32 Å². The maximum Gasteiger partial charge on any atom is 0.416 e. The van der Waals surface area contributed by atoms with Crippen molar-refractivity contribution in [2.24, 2.45) is 0 Å². The van der Waals surface area contributed by atoms with Crippen LogP contribution in [-0.4, -0.2) is 12.4 Å². The number of benzene rings is 1. The van der Waals surface area contributed by atoms with Gasteiger partial charge in [0.25, 0.3) is 0 Å². The molecule has 1 nitrogen and oxygen atoms in total. The third-order valence-corrected chi connectivity index (χ3v) is 2.86. The highest BCUT2D eigenvalue weighted by Crippen LogP contribution is 2.28. The average Bonchev–Trinajstić information content (AvgIpc) is 2.33. The Kier molecular flexibility index (Phi) is 6.50. The molecule has 0 bridgehead atoms. The minimum atomic E-state index is -4.26. The van der Waals surface area contributed by atoms with Gasteiger partial charge in [-0.2, -0.15) is 13.2 Å². The minimum Gasteiger partial charge on any atom is -0.313 e. The summed E-state index contributed by atoms with van der Waals surface area (Å²) in [5.74, 6) is 0.679. The van der Waals surface area contributed by atoms with Crippen LogP contribution in [0.5, 0.6) is 0 Å². The first-order chi connectivity index (χ1) is 8.54. The van der Waals surface area contributed by atoms with E-state index >= 15 is 0 Å². The Morgan fingerprint density at radius 3 is 2.22 bits per heavy atom. The topological polar surface area (TPSA) is 12.0 Å². The van der Waals surface area contributed by atoms with E-state index in [1.807, 2.05) is 0 Å². The first-order valence-electron chi connectivity index (χ1n) is 5.97. The summed E-state index contributed by atoms with van der Waals surface area (Å²) in [6.45, 7) is 1.46. The van der Waals surface area contributed by atoms with Crippen LogP contribution in [0.15, 0.2) is 24.3 Å². The molecule has 5 heteroatoms. The van der Waals surface area contributed by atoms with Crippen molar-refractivity contribution >= 4 is 11.6 Å². The normalized spacial score (nSPS) is 11.8. The highest BCUT2D eigenvalue weighted by Gasteiger charge is 2.29. The van der Waals surface area contributed by atoms with Crippen molar-refractivity contribution in [2.45, 2.75) is 32.0 Å². The number of nitrogens with one attached hydrogen (secondary N) is 1. The molecule has 0 aromatic heterocycles. The molecule has 0 radical (unpaired) electrons. The molecule has 0 atom stereocenters. The number of unbranched alkanes of at least 4 members (excludes halogenated alkanes) is 2. The lowest BCUT2D eigenvalue weighted by atomic mass is 10.1. The molecule has 0 aliphatic heterocycles. The Morgan fingerprint density at radius 1 is 1.00 bits per heavy atom. The molecule has 1 rings (SSSR count). The van der Waals surface area contributed by atoms with Gasteiger partial charge in [0.05, 0.1) is 5.56 Å². The van der Waals surface area contributed by atoms with Crippen molar-refractivity contribution in [3.05, 3.63) is 35.4 Å². The van der Waals surface area contributed by atoms with Crippen LogP contribution in [0.2, 0.25) is 0 Å². The monoisotopic (exact) mass is 279 g/mol. The van der Waals surface area contributed by atoms with Gasteiger partial charge in [-0.1, -0.05) is 18.6 Å². The van der Waals surface area contributed by atoms with Crippen molar-refractivity contribution in [2.75, 3.05) is 12.4 Å². The first-order valence-corrected chi connectivity index (χ1v) is 6.50. The second-order valence-electron chi connectivity index (χ2n) is 4.12. The Balaban J connectivity index is 2.27. The maximum atomic E-state index is 12.3. The van der Waals surface area contributed by atoms with E-state index in [1.54, 1.807) is 0 Å². The van der Waals surface area contributed by atoms with Gasteiger partial charge in [0, 0.05) is 12.4 Å². The zero-order chi connectivity index (χ0) is 13.4. The molecule has 0 saturated carbocycles. The minimum absolute atomic E-state index is 0.596. The van der Waals surface area contributed by atoms with E-state index in [9.17, 15) is 13.2 Å². The third kappa shape index (κ3) is 5.74. The predicted molar refractivity (Wildman–Crippen MR) is 67.7 cm³/mol. The molecule has 0 aliphatic rings. The number of alkyl halides is 4. The van der Waals surface area contributed by atoms with Crippen LogP contribution in [0.1, 0.15) is 30.4 Å². The SMILES string of the molecule is FC(F)(F)c1ccc(CNCCCCCCl)cc1. The van der Waals surface area contributed by atoms with E-state index in [-0.39, 0.29) is 0 Å². The molecule has 0 heterocycles. The lowest BCUT2D eigenvalue weighted by molar-refractivity contribution is -0.137. The van der Waals surface area contributed by atoms with Gasteiger partial charge < -0.3 is 5.32 Å². The van der Waals surface area contributed by atoms with E-state index in [0.29, 0.717) is 12.4 Å². The molecule has 1 N–H and O–H groups in total. The number of rotatable bonds is 7. The summed E-state index contributed by atoms with van der Waals surface area (Å²) in [6, 6.07) is 5.25. The lowest BCUT2D eigenvalue weighted by Crippen LogP contribution is -2.15. The number of halogens is 4. The van der Waals surface area contributed by atoms with Gasteiger partial charge >= 0.3 is 6.18 Å². The molecular formula is C13H17ClF3N. The van der Waals surface area contributed by atoms with Crippen molar-refractivity contribution in [1.29, 1.82) is 0 Å². The molecule has 102 valence electrons.